The zero-order chi connectivity index (χ0) is 13.1. The van der Waals surface area contributed by atoms with E-state index in [0.717, 1.165) is 18.8 Å². The van der Waals surface area contributed by atoms with E-state index in [1.807, 2.05) is 12.1 Å². The first-order valence-electron chi connectivity index (χ1n) is 6.33. The molecule has 96 valence electrons. The molecule has 1 saturated heterocycles. The molecule has 4 heteroatoms. The Bertz CT molecular complexity index is 455. The Labute approximate surface area is 109 Å². The first-order chi connectivity index (χ1) is 8.61. The minimum atomic E-state index is 0.551. The molecular formula is C14H20N4. The van der Waals surface area contributed by atoms with Crippen LogP contribution in [0.4, 0.5) is 11.4 Å². The van der Waals surface area contributed by atoms with E-state index in [-0.39, 0.29) is 0 Å². The number of piperidine rings is 1. The highest BCUT2D eigenvalue weighted by atomic mass is 15.2. The second-order valence-electron chi connectivity index (χ2n) is 5.03. The van der Waals surface area contributed by atoms with Gasteiger partial charge in [0.2, 0.25) is 0 Å². The van der Waals surface area contributed by atoms with Crippen molar-refractivity contribution in [1.29, 1.82) is 5.26 Å². The maximum absolute atomic E-state index is 8.88. The van der Waals surface area contributed by atoms with E-state index in [9.17, 15) is 0 Å². The van der Waals surface area contributed by atoms with Crippen LogP contribution < -0.4 is 10.6 Å². The maximum atomic E-state index is 8.88. The number of nitriles is 1. The van der Waals surface area contributed by atoms with Crippen molar-refractivity contribution in [2.24, 2.45) is 0 Å². The topological polar surface area (TPSA) is 56.3 Å². The van der Waals surface area contributed by atoms with Crippen molar-refractivity contribution in [3.8, 4) is 6.07 Å². The molecule has 2 N–H and O–H groups in total. The minimum absolute atomic E-state index is 0.551. The van der Waals surface area contributed by atoms with E-state index >= 15 is 0 Å². The molecule has 2 rings (SSSR count). The fraction of sp³-hybridized carbons (Fsp3) is 0.500. The molecule has 0 spiro atoms. The van der Waals surface area contributed by atoms with Crippen LogP contribution >= 0.6 is 0 Å². The number of benzene rings is 1. The zero-order valence-electron chi connectivity index (χ0n) is 11.1. The van der Waals surface area contributed by atoms with Crippen LogP contribution in [0.5, 0.6) is 0 Å². The SMILES string of the molecule is CN1CCC(N(C)c2ccc(C#N)c(N)c2)CC1. The Morgan fingerprint density at radius 3 is 2.61 bits per heavy atom. The lowest BCUT2D eigenvalue weighted by atomic mass is 10.0. The summed E-state index contributed by atoms with van der Waals surface area (Å²) in [4.78, 5) is 4.64. The third-order valence-corrected chi connectivity index (χ3v) is 3.80. The number of hydrogen-bond donors (Lipinski definition) is 1. The monoisotopic (exact) mass is 244 g/mol. The standard InChI is InChI=1S/C14H20N4/c1-17-7-5-12(6-8-17)18(2)13-4-3-11(10-15)14(16)9-13/h3-4,9,12H,5-8,16H2,1-2H3. The predicted molar refractivity (Wildman–Crippen MR) is 74.5 cm³/mol. The van der Waals surface area contributed by atoms with Gasteiger partial charge in [-0.2, -0.15) is 5.26 Å². The second kappa shape index (κ2) is 5.28. The lowest BCUT2D eigenvalue weighted by Crippen LogP contribution is -2.42. The Balaban J connectivity index is 2.11. The number of likely N-dealkylation sites (tertiary alicyclic amines) is 1. The zero-order valence-corrected chi connectivity index (χ0v) is 11.1. The van der Waals surface area contributed by atoms with Crippen LogP contribution in [0.15, 0.2) is 18.2 Å². The van der Waals surface area contributed by atoms with Crippen LogP contribution in [0.1, 0.15) is 18.4 Å². The maximum Gasteiger partial charge on any atom is 0.101 e. The van der Waals surface area contributed by atoms with Gasteiger partial charge in [-0.25, -0.2) is 0 Å². The van der Waals surface area contributed by atoms with Gasteiger partial charge in [0, 0.05) is 18.8 Å². The summed E-state index contributed by atoms with van der Waals surface area (Å²) >= 11 is 0. The number of hydrogen-bond acceptors (Lipinski definition) is 4. The summed E-state index contributed by atoms with van der Waals surface area (Å²) in [5, 5.41) is 8.88. The van der Waals surface area contributed by atoms with E-state index in [0.29, 0.717) is 17.3 Å². The highest BCUT2D eigenvalue weighted by Crippen LogP contribution is 2.25. The summed E-state index contributed by atoms with van der Waals surface area (Å²) in [5.41, 5.74) is 8.08. The number of nitrogens with two attached hydrogens (primary N) is 1. The van der Waals surface area contributed by atoms with Gasteiger partial charge >= 0.3 is 0 Å². The quantitative estimate of drug-likeness (QED) is 0.804. The van der Waals surface area contributed by atoms with Crippen LogP contribution in [0, 0.1) is 11.3 Å². The smallest absolute Gasteiger partial charge is 0.101 e. The average molecular weight is 244 g/mol. The van der Waals surface area contributed by atoms with Crippen molar-refractivity contribution in [3.05, 3.63) is 23.8 Å². The molecule has 0 unspecified atom stereocenters. The number of rotatable bonds is 2. The van der Waals surface area contributed by atoms with Gasteiger partial charge in [-0.05, 0) is 51.2 Å². The molecule has 0 amide bonds. The van der Waals surface area contributed by atoms with Gasteiger partial charge < -0.3 is 15.5 Å². The van der Waals surface area contributed by atoms with E-state index in [1.165, 1.54) is 12.8 Å². The highest BCUT2D eigenvalue weighted by Gasteiger charge is 2.21. The third kappa shape index (κ3) is 2.57. The van der Waals surface area contributed by atoms with Crippen molar-refractivity contribution < 1.29 is 0 Å². The predicted octanol–water partition coefficient (Wildman–Crippen LogP) is 1.67. The lowest BCUT2D eigenvalue weighted by Gasteiger charge is -2.36. The molecular weight excluding hydrogens is 224 g/mol. The van der Waals surface area contributed by atoms with Gasteiger partial charge in [0.15, 0.2) is 0 Å². The van der Waals surface area contributed by atoms with Crippen LogP contribution in [0.3, 0.4) is 0 Å². The highest BCUT2D eigenvalue weighted by molar-refractivity contribution is 5.63. The van der Waals surface area contributed by atoms with E-state index < -0.39 is 0 Å². The molecule has 1 fully saturated rings. The average Bonchev–Trinajstić information content (AvgIpc) is 2.38. The molecule has 0 aromatic heterocycles. The Hall–Kier alpha value is -1.73. The van der Waals surface area contributed by atoms with Gasteiger partial charge in [0.05, 0.1) is 11.3 Å². The molecule has 1 aromatic carbocycles. The summed E-state index contributed by atoms with van der Waals surface area (Å²) in [7, 11) is 4.27. The van der Waals surface area contributed by atoms with Crippen molar-refractivity contribution in [1.82, 2.24) is 4.90 Å². The molecule has 1 aliphatic rings. The number of nitrogens with zero attached hydrogens (tertiary/aromatic N) is 3. The Morgan fingerprint density at radius 1 is 1.39 bits per heavy atom. The molecule has 1 aliphatic heterocycles. The molecule has 1 heterocycles. The molecule has 0 aliphatic carbocycles. The third-order valence-electron chi connectivity index (χ3n) is 3.80. The van der Waals surface area contributed by atoms with Gasteiger partial charge in [0.25, 0.3) is 0 Å². The summed E-state index contributed by atoms with van der Waals surface area (Å²) in [6.07, 6.45) is 2.35. The van der Waals surface area contributed by atoms with Gasteiger partial charge in [-0.3, -0.25) is 0 Å². The van der Waals surface area contributed by atoms with Crippen LogP contribution in [-0.2, 0) is 0 Å². The first kappa shape index (κ1) is 12.7. The summed E-state index contributed by atoms with van der Waals surface area (Å²) in [5.74, 6) is 0. The van der Waals surface area contributed by atoms with Crippen LogP contribution in [0.25, 0.3) is 0 Å². The van der Waals surface area contributed by atoms with E-state index in [1.54, 1.807) is 6.07 Å². The van der Waals surface area contributed by atoms with Gasteiger partial charge in [-0.1, -0.05) is 0 Å². The van der Waals surface area contributed by atoms with E-state index in [2.05, 4.69) is 30.0 Å². The molecule has 1 aromatic rings. The fourth-order valence-corrected chi connectivity index (χ4v) is 2.46. The summed E-state index contributed by atoms with van der Waals surface area (Å²) in [6, 6.07) is 8.34. The molecule has 0 bridgehead atoms. The van der Waals surface area contributed by atoms with Crippen molar-refractivity contribution in [2.45, 2.75) is 18.9 Å². The summed E-state index contributed by atoms with van der Waals surface area (Å²) in [6.45, 7) is 2.28. The van der Waals surface area contributed by atoms with Crippen molar-refractivity contribution in [2.75, 3.05) is 37.8 Å². The van der Waals surface area contributed by atoms with Gasteiger partial charge in [0.1, 0.15) is 6.07 Å². The van der Waals surface area contributed by atoms with Crippen molar-refractivity contribution in [3.63, 3.8) is 0 Å². The van der Waals surface area contributed by atoms with Gasteiger partial charge in [-0.15, -0.1) is 0 Å². The molecule has 4 nitrogen and oxygen atoms in total. The summed E-state index contributed by atoms with van der Waals surface area (Å²) < 4.78 is 0. The molecule has 0 radical (unpaired) electrons. The number of nitrogen functional groups attached to an aromatic ring is 1. The van der Waals surface area contributed by atoms with Crippen LogP contribution in [0.2, 0.25) is 0 Å². The first-order valence-corrected chi connectivity index (χ1v) is 6.33. The Morgan fingerprint density at radius 2 is 2.06 bits per heavy atom. The lowest BCUT2D eigenvalue weighted by molar-refractivity contribution is 0.253. The number of anilines is 2. The minimum Gasteiger partial charge on any atom is -0.398 e. The second-order valence-corrected chi connectivity index (χ2v) is 5.03. The molecule has 18 heavy (non-hydrogen) atoms. The normalized spacial score (nSPS) is 17.4. The fourth-order valence-electron chi connectivity index (χ4n) is 2.46. The molecule has 0 saturated carbocycles. The largest absolute Gasteiger partial charge is 0.398 e. The van der Waals surface area contributed by atoms with Crippen LogP contribution in [-0.4, -0.2) is 38.1 Å². The Kier molecular flexibility index (Phi) is 3.73. The van der Waals surface area contributed by atoms with Crippen molar-refractivity contribution >= 4 is 11.4 Å². The molecule has 0 atom stereocenters. The van der Waals surface area contributed by atoms with E-state index in [4.69, 9.17) is 11.0 Å².